The van der Waals surface area contributed by atoms with Crippen LogP contribution in [0.5, 0.6) is 0 Å². The van der Waals surface area contributed by atoms with Crippen molar-refractivity contribution >= 4 is 16.6 Å². The Morgan fingerprint density at radius 3 is 2.67 bits per heavy atom. The van der Waals surface area contributed by atoms with Crippen molar-refractivity contribution < 1.29 is 0 Å². The second kappa shape index (κ2) is 4.55. The number of pyridine rings is 1. The smallest absolute Gasteiger partial charge is 0.131 e. The highest BCUT2D eigenvalue weighted by Crippen LogP contribution is 2.33. The number of nitrogen functional groups attached to an aromatic ring is 1. The summed E-state index contributed by atoms with van der Waals surface area (Å²) in [5.41, 5.74) is 7.32. The van der Waals surface area contributed by atoms with E-state index in [2.05, 4.69) is 23.2 Å². The largest absolute Gasteiger partial charge is 0.383 e. The zero-order valence-electron chi connectivity index (χ0n) is 10.3. The molecule has 4 heteroatoms. The summed E-state index contributed by atoms with van der Waals surface area (Å²) >= 11 is 0. The van der Waals surface area contributed by atoms with Gasteiger partial charge in [0, 0.05) is 24.7 Å². The lowest BCUT2D eigenvalue weighted by Crippen LogP contribution is -2.38. The van der Waals surface area contributed by atoms with Crippen molar-refractivity contribution in [3.63, 3.8) is 0 Å². The minimum absolute atomic E-state index is 0.579. The average Bonchev–Trinajstić information content (AvgIpc) is 2.40. The molecule has 0 bridgehead atoms. The SMILES string of the molecule is Nc1nccc2c(C3CCN(N)CC3)cccc12. The Balaban J connectivity index is 2.04. The first kappa shape index (κ1) is 11.4. The van der Waals surface area contributed by atoms with Crippen molar-refractivity contribution in [2.24, 2.45) is 5.84 Å². The number of hydrogen-bond acceptors (Lipinski definition) is 4. The van der Waals surface area contributed by atoms with Crippen LogP contribution in [0.3, 0.4) is 0 Å². The predicted octanol–water partition coefficient (Wildman–Crippen LogP) is 1.87. The minimum Gasteiger partial charge on any atom is -0.383 e. The fourth-order valence-corrected chi connectivity index (χ4v) is 2.82. The molecule has 0 amide bonds. The first-order chi connectivity index (χ1) is 8.75. The number of aromatic nitrogens is 1. The number of nitrogens with zero attached hydrogens (tertiary/aromatic N) is 2. The summed E-state index contributed by atoms with van der Waals surface area (Å²) in [6.45, 7) is 1.92. The van der Waals surface area contributed by atoms with Crippen molar-refractivity contribution in [2.75, 3.05) is 18.8 Å². The topological polar surface area (TPSA) is 68.2 Å². The Morgan fingerprint density at radius 2 is 1.89 bits per heavy atom. The van der Waals surface area contributed by atoms with Gasteiger partial charge in [0.2, 0.25) is 0 Å². The maximum Gasteiger partial charge on any atom is 0.131 e. The molecular formula is C14H18N4. The number of benzene rings is 1. The first-order valence-electron chi connectivity index (χ1n) is 6.38. The molecule has 2 heterocycles. The second-order valence-electron chi connectivity index (χ2n) is 4.95. The number of hydrogen-bond donors (Lipinski definition) is 2. The fourth-order valence-electron chi connectivity index (χ4n) is 2.82. The van der Waals surface area contributed by atoms with Gasteiger partial charge in [-0.3, -0.25) is 5.84 Å². The fraction of sp³-hybridized carbons (Fsp3) is 0.357. The molecule has 4 N–H and O–H groups in total. The molecule has 2 aromatic rings. The van der Waals surface area contributed by atoms with E-state index in [1.54, 1.807) is 6.20 Å². The van der Waals surface area contributed by atoms with E-state index < -0.39 is 0 Å². The third kappa shape index (κ3) is 1.94. The van der Waals surface area contributed by atoms with Crippen LogP contribution in [0.1, 0.15) is 24.3 Å². The molecule has 1 aromatic heterocycles. The van der Waals surface area contributed by atoms with Crippen molar-refractivity contribution in [1.82, 2.24) is 9.99 Å². The van der Waals surface area contributed by atoms with E-state index in [1.807, 2.05) is 11.1 Å². The van der Waals surface area contributed by atoms with Gasteiger partial charge in [0.1, 0.15) is 5.82 Å². The van der Waals surface area contributed by atoms with Gasteiger partial charge in [0.25, 0.3) is 0 Å². The molecule has 0 saturated carbocycles. The van der Waals surface area contributed by atoms with Gasteiger partial charge in [-0.15, -0.1) is 0 Å². The molecular weight excluding hydrogens is 224 g/mol. The Morgan fingerprint density at radius 1 is 1.11 bits per heavy atom. The monoisotopic (exact) mass is 242 g/mol. The molecule has 1 aromatic carbocycles. The summed E-state index contributed by atoms with van der Waals surface area (Å²) in [4.78, 5) is 4.16. The summed E-state index contributed by atoms with van der Waals surface area (Å²) in [5.74, 6) is 7.01. The van der Waals surface area contributed by atoms with E-state index >= 15 is 0 Å². The molecule has 1 aliphatic heterocycles. The molecule has 0 atom stereocenters. The normalized spacial score (nSPS) is 18.3. The molecule has 18 heavy (non-hydrogen) atoms. The summed E-state index contributed by atoms with van der Waals surface area (Å²) in [5, 5.41) is 4.20. The van der Waals surface area contributed by atoms with Crippen LogP contribution in [0.25, 0.3) is 10.8 Å². The summed E-state index contributed by atoms with van der Waals surface area (Å²) < 4.78 is 0. The van der Waals surface area contributed by atoms with Crippen LogP contribution in [0.4, 0.5) is 5.82 Å². The van der Waals surface area contributed by atoms with E-state index in [0.29, 0.717) is 11.7 Å². The van der Waals surface area contributed by atoms with Gasteiger partial charge in [-0.05, 0) is 35.8 Å². The Bertz CT molecular complexity index is 559. The van der Waals surface area contributed by atoms with Gasteiger partial charge >= 0.3 is 0 Å². The lowest BCUT2D eigenvalue weighted by atomic mass is 9.87. The summed E-state index contributed by atoms with van der Waals surface area (Å²) in [6, 6.07) is 8.39. The first-order valence-corrected chi connectivity index (χ1v) is 6.38. The zero-order valence-corrected chi connectivity index (χ0v) is 10.3. The van der Waals surface area contributed by atoms with Crippen LogP contribution in [-0.2, 0) is 0 Å². The van der Waals surface area contributed by atoms with Gasteiger partial charge in [0.15, 0.2) is 0 Å². The number of nitrogens with two attached hydrogens (primary N) is 2. The standard InChI is InChI=1S/C14H18N4/c15-14-13-3-1-2-11(12(13)4-7-17-14)10-5-8-18(16)9-6-10/h1-4,7,10H,5-6,8-9,16H2,(H2,15,17). The third-order valence-electron chi connectivity index (χ3n) is 3.84. The highest BCUT2D eigenvalue weighted by atomic mass is 15.4. The number of piperidine rings is 1. The van der Waals surface area contributed by atoms with E-state index in [0.717, 1.165) is 31.3 Å². The Labute approximate surface area is 107 Å². The molecule has 0 radical (unpaired) electrons. The molecule has 4 nitrogen and oxygen atoms in total. The van der Waals surface area contributed by atoms with Gasteiger partial charge in [-0.2, -0.15) is 0 Å². The highest BCUT2D eigenvalue weighted by molar-refractivity contribution is 5.93. The Hall–Kier alpha value is -1.65. The second-order valence-corrected chi connectivity index (χ2v) is 4.95. The quantitative estimate of drug-likeness (QED) is 0.749. The van der Waals surface area contributed by atoms with Gasteiger partial charge in [-0.1, -0.05) is 18.2 Å². The van der Waals surface area contributed by atoms with E-state index in [-0.39, 0.29) is 0 Å². The zero-order chi connectivity index (χ0) is 12.5. The van der Waals surface area contributed by atoms with Crippen LogP contribution in [0, 0.1) is 0 Å². The minimum atomic E-state index is 0.579. The third-order valence-corrected chi connectivity index (χ3v) is 3.84. The van der Waals surface area contributed by atoms with E-state index in [4.69, 9.17) is 11.6 Å². The summed E-state index contributed by atoms with van der Waals surface area (Å²) in [7, 11) is 0. The van der Waals surface area contributed by atoms with Crippen LogP contribution >= 0.6 is 0 Å². The molecule has 0 aliphatic carbocycles. The number of fused-ring (bicyclic) bond motifs is 1. The van der Waals surface area contributed by atoms with Crippen molar-refractivity contribution in [3.05, 3.63) is 36.0 Å². The van der Waals surface area contributed by atoms with Crippen molar-refractivity contribution in [3.8, 4) is 0 Å². The van der Waals surface area contributed by atoms with Gasteiger partial charge in [-0.25, -0.2) is 9.99 Å². The molecule has 1 aliphatic rings. The lowest BCUT2D eigenvalue weighted by molar-refractivity contribution is 0.218. The van der Waals surface area contributed by atoms with Gasteiger partial charge in [0.05, 0.1) is 0 Å². The van der Waals surface area contributed by atoms with Crippen LogP contribution in [-0.4, -0.2) is 23.1 Å². The maximum absolute atomic E-state index is 5.94. The molecule has 3 rings (SSSR count). The number of anilines is 1. The van der Waals surface area contributed by atoms with Crippen LogP contribution < -0.4 is 11.6 Å². The van der Waals surface area contributed by atoms with Crippen LogP contribution in [0.2, 0.25) is 0 Å². The predicted molar refractivity (Wildman–Crippen MR) is 73.9 cm³/mol. The lowest BCUT2D eigenvalue weighted by Gasteiger charge is -2.29. The molecule has 0 unspecified atom stereocenters. The molecule has 1 fully saturated rings. The summed E-state index contributed by atoms with van der Waals surface area (Å²) in [6.07, 6.45) is 4.01. The molecule has 94 valence electrons. The number of hydrazine groups is 1. The van der Waals surface area contributed by atoms with E-state index in [9.17, 15) is 0 Å². The van der Waals surface area contributed by atoms with Crippen molar-refractivity contribution in [2.45, 2.75) is 18.8 Å². The highest BCUT2D eigenvalue weighted by Gasteiger charge is 2.20. The van der Waals surface area contributed by atoms with Gasteiger partial charge < -0.3 is 5.73 Å². The molecule has 0 spiro atoms. The van der Waals surface area contributed by atoms with Crippen molar-refractivity contribution in [1.29, 1.82) is 0 Å². The van der Waals surface area contributed by atoms with Crippen LogP contribution in [0.15, 0.2) is 30.5 Å². The van der Waals surface area contributed by atoms with E-state index in [1.165, 1.54) is 10.9 Å². The molecule has 1 saturated heterocycles. The number of rotatable bonds is 1. The average molecular weight is 242 g/mol. The maximum atomic E-state index is 5.94. The Kier molecular flexibility index (Phi) is 2.89.